The fraction of sp³-hybridized carbons (Fsp3) is 0.0625. The smallest absolute Gasteiger partial charge is 0.238 e. The van der Waals surface area contributed by atoms with Crippen molar-refractivity contribution >= 4 is 20.8 Å². The van der Waals surface area contributed by atoms with Crippen LogP contribution in [-0.4, -0.2) is 13.4 Å². The lowest BCUT2D eigenvalue weighted by molar-refractivity contribution is 0.597. The van der Waals surface area contributed by atoms with Crippen LogP contribution in [-0.2, 0) is 16.4 Å². The highest BCUT2D eigenvalue weighted by Gasteiger charge is 2.16. The largest absolute Gasteiger partial charge is 0.265 e. The Labute approximate surface area is 123 Å². The molecule has 0 saturated heterocycles. The number of hydrogen-bond acceptors (Lipinski definition) is 3. The first-order valence-corrected chi connectivity index (χ1v) is 8.03. The summed E-state index contributed by atoms with van der Waals surface area (Å²) >= 11 is 0. The van der Waals surface area contributed by atoms with Gasteiger partial charge in [-0.1, -0.05) is 30.3 Å². The second-order valence-corrected chi connectivity index (χ2v) is 6.37. The zero-order chi connectivity index (χ0) is 14.9. The van der Waals surface area contributed by atoms with Gasteiger partial charge in [0.05, 0.1) is 4.90 Å². The number of nitrogens with zero attached hydrogens (tertiary/aromatic N) is 1. The van der Waals surface area contributed by atoms with Gasteiger partial charge in [-0.05, 0) is 46.5 Å². The molecule has 0 fully saturated rings. The average Bonchev–Trinajstić information content (AvgIpc) is 2.47. The van der Waals surface area contributed by atoms with Gasteiger partial charge < -0.3 is 0 Å². The van der Waals surface area contributed by atoms with E-state index in [1.807, 2.05) is 36.4 Å². The molecule has 0 aliphatic rings. The molecule has 21 heavy (non-hydrogen) atoms. The van der Waals surface area contributed by atoms with Crippen molar-refractivity contribution in [1.29, 1.82) is 0 Å². The van der Waals surface area contributed by atoms with E-state index < -0.39 is 10.0 Å². The molecule has 5 heteroatoms. The molecule has 1 aromatic heterocycles. The Morgan fingerprint density at radius 3 is 2.38 bits per heavy atom. The lowest BCUT2D eigenvalue weighted by atomic mass is 9.99. The zero-order valence-electron chi connectivity index (χ0n) is 11.2. The van der Waals surface area contributed by atoms with Crippen LogP contribution in [0.2, 0.25) is 0 Å². The molecule has 0 amide bonds. The van der Waals surface area contributed by atoms with Gasteiger partial charge in [0, 0.05) is 12.4 Å². The van der Waals surface area contributed by atoms with Crippen molar-refractivity contribution in [2.24, 2.45) is 5.14 Å². The van der Waals surface area contributed by atoms with Gasteiger partial charge in [-0.3, -0.25) is 4.98 Å². The third-order valence-corrected chi connectivity index (χ3v) is 4.43. The number of pyridine rings is 1. The van der Waals surface area contributed by atoms with E-state index in [0.717, 1.165) is 21.9 Å². The summed E-state index contributed by atoms with van der Waals surface area (Å²) in [5.74, 6) is 0. The van der Waals surface area contributed by atoms with Gasteiger partial charge in [-0.15, -0.1) is 0 Å². The summed E-state index contributed by atoms with van der Waals surface area (Å²) in [4.78, 5) is 4.16. The van der Waals surface area contributed by atoms with Crippen LogP contribution >= 0.6 is 0 Å². The third kappa shape index (κ3) is 2.79. The third-order valence-electron chi connectivity index (χ3n) is 3.43. The molecule has 3 aromatic rings. The molecule has 0 bridgehead atoms. The van der Waals surface area contributed by atoms with Gasteiger partial charge in [0.15, 0.2) is 0 Å². The van der Waals surface area contributed by atoms with Crippen molar-refractivity contribution in [3.05, 3.63) is 72.1 Å². The van der Waals surface area contributed by atoms with Crippen molar-refractivity contribution < 1.29 is 8.42 Å². The minimum Gasteiger partial charge on any atom is -0.265 e. The predicted octanol–water partition coefficient (Wildman–Crippen LogP) is 2.47. The summed E-state index contributed by atoms with van der Waals surface area (Å²) < 4.78 is 23.7. The number of fused-ring (bicyclic) bond motifs is 1. The number of hydrogen-bond donors (Lipinski definition) is 1. The maximum atomic E-state index is 11.9. The minimum absolute atomic E-state index is 0.179. The molecular weight excluding hydrogens is 284 g/mol. The van der Waals surface area contributed by atoms with E-state index in [0.29, 0.717) is 6.42 Å². The van der Waals surface area contributed by atoms with Crippen molar-refractivity contribution in [3.8, 4) is 0 Å². The molecular formula is C16H14N2O2S. The van der Waals surface area contributed by atoms with Crippen LogP contribution in [0, 0.1) is 0 Å². The Kier molecular flexibility index (Phi) is 3.45. The topological polar surface area (TPSA) is 73.1 Å². The Morgan fingerprint density at radius 1 is 0.952 bits per heavy atom. The van der Waals surface area contributed by atoms with E-state index in [1.165, 1.54) is 0 Å². The summed E-state index contributed by atoms with van der Waals surface area (Å²) in [6.45, 7) is 0. The monoisotopic (exact) mass is 298 g/mol. The highest BCUT2D eigenvalue weighted by atomic mass is 32.2. The Balaban J connectivity index is 2.26. The molecule has 3 rings (SSSR count). The summed E-state index contributed by atoms with van der Waals surface area (Å²) in [6, 6.07) is 14.8. The SMILES string of the molecule is NS(=O)(=O)c1ccc2ccccc2c1Cc1ccncc1. The van der Waals surface area contributed by atoms with Crippen molar-refractivity contribution in [2.45, 2.75) is 11.3 Å². The molecule has 1 heterocycles. The van der Waals surface area contributed by atoms with Gasteiger partial charge in [0.1, 0.15) is 0 Å². The molecule has 0 aliphatic carbocycles. The van der Waals surface area contributed by atoms with E-state index in [4.69, 9.17) is 5.14 Å². The second-order valence-electron chi connectivity index (χ2n) is 4.84. The number of primary sulfonamides is 1. The van der Waals surface area contributed by atoms with E-state index >= 15 is 0 Å². The van der Waals surface area contributed by atoms with Gasteiger partial charge in [0.25, 0.3) is 0 Å². The van der Waals surface area contributed by atoms with E-state index in [-0.39, 0.29) is 4.90 Å². The molecule has 4 nitrogen and oxygen atoms in total. The van der Waals surface area contributed by atoms with Gasteiger partial charge in [-0.25, -0.2) is 13.6 Å². The molecule has 2 N–H and O–H groups in total. The van der Waals surface area contributed by atoms with Crippen LogP contribution < -0.4 is 5.14 Å². The quantitative estimate of drug-likeness (QED) is 0.807. The van der Waals surface area contributed by atoms with Crippen LogP contribution in [0.3, 0.4) is 0 Å². The summed E-state index contributed by atoms with van der Waals surface area (Å²) in [6.07, 6.45) is 3.88. The lowest BCUT2D eigenvalue weighted by Gasteiger charge is -2.12. The maximum Gasteiger partial charge on any atom is 0.238 e. The van der Waals surface area contributed by atoms with Crippen LogP contribution in [0.4, 0.5) is 0 Å². The standard InChI is InChI=1S/C16H14N2O2S/c17-21(19,20)16-6-5-13-3-1-2-4-14(13)15(16)11-12-7-9-18-10-8-12/h1-10H,11H2,(H2,17,19,20). The predicted molar refractivity (Wildman–Crippen MR) is 82.4 cm³/mol. The highest BCUT2D eigenvalue weighted by Crippen LogP contribution is 2.27. The van der Waals surface area contributed by atoms with Crippen LogP contribution in [0.5, 0.6) is 0 Å². The Morgan fingerprint density at radius 2 is 1.67 bits per heavy atom. The summed E-state index contributed by atoms with van der Waals surface area (Å²) in [5.41, 5.74) is 1.72. The first kappa shape index (κ1) is 13.7. The van der Waals surface area contributed by atoms with Crippen LogP contribution in [0.1, 0.15) is 11.1 Å². The van der Waals surface area contributed by atoms with Gasteiger partial charge in [0.2, 0.25) is 10.0 Å². The summed E-state index contributed by atoms with van der Waals surface area (Å²) in [7, 11) is -3.76. The number of aromatic nitrogens is 1. The second kappa shape index (κ2) is 5.27. The number of sulfonamides is 1. The van der Waals surface area contributed by atoms with E-state index in [9.17, 15) is 8.42 Å². The lowest BCUT2D eigenvalue weighted by Crippen LogP contribution is -2.15. The van der Waals surface area contributed by atoms with Crippen LogP contribution in [0.15, 0.2) is 65.8 Å². The molecule has 0 saturated carbocycles. The molecule has 2 aromatic carbocycles. The van der Waals surface area contributed by atoms with E-state index in [1.54, 1.807) is 24.5 Å². The first-order chi connectivity index (χ1) is 10.1. The van der Waals surface area contributed by atoms with Gasteiger partial charge in [-0.2, -0.15) is 0 Å². The van der Waals surface area contributed by atoms with Gasteiger partial charge >= 0.3 is 0 Å². The highest BCUT2D eigenvalue weighted by molar-refractivity contribution is 7.89. The maximum absolute atomic E-state index is 11.9. The average molecular weight is 298 g/mol. The summed E-state index contributed by atoms with van der Waals surface area (Å²) in [5, 5.41) is 7.26. The first-order valence-electron chi connectivity index (χ1n) is 6.48. The van der Waals surface area contributed by atoms with Crippen molar-refractivity contribution in [1.82, 2.24) is 4.98 Å². The molecule has 0 atom stereocenters. The molecule has 106 valence electrons. The molecule has 0 aliphatic heterocycles. The Hall–Kier alpha value is -2.24. The molecule has 0 unspecified atom stereocenters. The van der Waals surface area contributed by atoms with Crippen molar-refractivity contribution in [2.75, 3.05) is 0 Å². The van der Waals surface area contributed by atoms with Crippen molar-refractivity contribution in [3.63, 3.8) is 0 Å². The van der Waals surface area contributed by atoms with E-state index in [2.05, 4.69) is 4.98 Å². The Bertz CT molecular complexity index is 891. The fourth-order valence-corrected chi connectivity index (χ4v) is 3.25. The minimum atomic E-state index is -3.76. The normalized spacial score (nSPS) is 11.7. The fourth-order valence-electron chi connectivity index (χ4n) is 2.47. The molecule has 0 spiro atoms. The number of rotatable bonds is 3. The zero-order valence-corrected chi connectivity index (χ0v) is 12.0. The molecule has 0 radical (unpaired) electrons. The number of benzene rings is 2. The van der Waals surface area contributed by atoms with Crippen LogP contribution in [0.25, 0.3) is 10.8 Å². The number of nitrogens with two attached hydrogens (primary N) is 1.